The normalized spacial score (nSPS) is 11.0. The third-order valence-electron chi connectivity index (χ3n) is 2.55. The Labute approximate surface area is 108 Å². The Morgan fingerprint density at radius 3 is 3.11 bits per heavy atom. The minimum atomic E-state index is -0.470. The van der Waals surface area contributed by atoms with Crippen LogP contribution < -0.4 is 0 Å². The molecule has 0 atom stereocenters. The van der Waals surface area contributed by atoms with Crippen LogP contribution in [-0.2, 0) is 9.53 Å². The highest BCUT2D eigenvalue weighted by molar-refractivity contribution is 5.87. The van der Waals surface area contributed by atoms with Gasteiger partial charge in [0.15, 0.2) is 0 Å². The highest BCUT2D eigenvalue weighted by atomic mass is 16.6. The maximum absolute atomic E-state index is 10.9. The van der Waals surface area contributed by atoms with Gasteiger partial charge in [0.1, 0.15) is 5.65 Å². The van der Waals surface area contributed by atoms with Gasteiger partial charge >= 0.3 is 5.97 Å². The number of nitro groups is 1. The molecule has 0 radical (unpaired) electrons. The van der Waals surface area contributed by atoms with Crippen LogP contribution in [0.2, 0.25) is 0 Å². The number of aromatic nitrogens is 2. The van der Waals surface area contributed by atoms with Crippen LogP contribution in [0.25, 0.3) is 17.1 Å². The highest BCUT2D eigenvalue weighted by Gasteiger charge is 2.14. The molecule has 0 fully saturated rings. The van der Waals surface area contributed by atoms with Crippen molar-refractivity contribution < 1.29 is 14.5 Å². The molecule has 0 aromatic carbocycles. The molecule has 7 heteroatoms. The van der Waals surface area contributed by atoms with Crippen molar-refractivity contribution in [2.24, 2.45) is 0 Å². The molecule has 0 spiro atoms. The van der Waals surface area contributed by atoms with E-state index < -0.39 is 4.92 Å². The summed E-state index contributed by atoms with van der Waals surface area (Å²) in [6.45, 7) is 0. The van der Waals surface area contributed by atoms with Gasteiger partial charge in [-0.3, -0.25) is 14.9 Å². The second-order valence-electron chi connectivity index (χ2n) is 3.78. The summed E-state index contributed by atoms with van der Waals surface area (Å²) in [5.41, 5.74) is 1.11. The summed E-state index contributed by atoms with van der Waals surface area (Å²) >= 11 is 0. The largest absolute Gasteiger partial charge is 0.469 e. The maximum Gasteiger partial charge on any atom is 0.309 e. The Hall–Kier alpha value is -2.70. The van der Waals surface area contributed by atoms with Gasteiger partial charge in [0.2, 0.25) is 0 Å². The third-order valence-corrected chi connectivity index (χ3v) is 2.55. The number of H-pyrrole nitrogens is 1. The number of nitrogens with zero attached hydrogens (tertiary/aromatic N) is 2. The molecule has 2 aromatic rings. The number of carbonyl (C=O) groups excluding carboxylic acids is 1. The molecule has 2 aromatic heterocycles. The first-order valence-corrected chi connectivity index (χ1v) is 5.46. The summed E-state index contributed by atoms with van der Waals surface area (Å²) in [4.78, 5) is 28.1. The van der Waals surface area contributed by atoms with Crippen LogP contribution >= 0.6 is 0 Å². The molecular formula is C12H11N3O4. The smallest absolute Gasteiger partial charge is 0.309 e. The summed E-state index contributed by atoms with van der Waals surface area (Å²) in [6, 6.07) is 1.64. The van der Waals surface area contributed by atoms with Crippen molar-refractivity contribution in [2.75, 3.05) is 7.11 Å². The van der Waals surface area contributed by atoms with Crippen molar-refractivity contribution >= 4 is 28.8 Å². The molecule has 2 heterocycles. The van der Waals surface area contributed by atoms with Gasteiger partial charge in [-0.25, -0.2) is 4.98 Å². The minimum absolute atomic E-state index is 0.0225. The first-order valence-electron chi connectivity index (χ1n) is 5.46. The maximum atomic E-state index is 10.9. The number of aromatic amines is 1. The number of carbonyl (C=O) groups is 1. The van der Waals surface area contributed by atoms with Gasteiger partial charge in [-0.15, -0.1) is 0 Å². The van der Waals surface area contributed by atoms with Gasteiger partial charge in [-0.2, -0.15) is 0 Å². The van der Waals surface area contributed by atoms with Gasteiger partial charge in [-0.1, -0.05) is 12.2 Å². The molecule has 0 unspecified atom stereocenters. The Kier molecular flexibility index (Phi) is 3.56. The molecule has 0 aliphatic heterocycles. The predicted octanol–water partition coefficient (Wildman–Crippen LogP) is 2.05. The number of nitrogens with one attached hydrogen (secondary N) is 1. The van der Waals surface area contributed by atoms with E-state index in [1.165, 1.54) is 13.3 Å². The average Bonchev–Trinajstić information content (AvgIpc) is 2.81. The van der Waals surface area contributed by atoms with E-state index in [2.05, 4.69) is 14.7 Å². The van der Waals surface area contributed by atoms with Crippen molar-refractivity contribution in [3.63, 3.8) is 0 Å². The summed E-state index contributed by atoms with van der Waals surface area (Å²) in [7, 11) is 1.31. The first-order chi connectivity index (χ1) is 9.11. The molecule has 0 bridgehead atoms. The molecule has 0 amide bonds. The zero-order valence-corrected chi connectivity index (χ0v) is 10.1. The molecule has 0 saturated carbocycles. The first kappa shape index (κ1) is 12.7. The molecule has 0 saturated heterocycles. The fraction of sp³-hybridized carbons (Fsp3) is 0.167. The fourth-order valence-electron chi connectivity index (χ4n) is 1.62. The number of fused-ring (bicyclic) bond motifs is 1. The van der Waals surface area contributed by atoms with Crippen LogP contribution in [0.1, 0.15) is 12.0 Å². The second-order valence-corrected chi connectivity index (χ2v) is 3.78. The van der Waals surface area contributed by atoms with Crippen LogP contribution in [0.15, 0.2) is 24.5 Å². The van der Waals surface area contributed by atoms with E-state index in [9.17, 15) is 14.9 Å². The van der Waals surface area contributed by atoms with E-state index in [0.29, 0.717) is 16.6 Å². The minimum Gasteiger partial charge on any atom is -0.469 e. The second kappa shape index (κ2) is 5.30. The van der Waals surface area contributed by atoms with Crippen LogP contribution in [0.4, 0.5) is 5.69 Å². The molecule has 2 rings (SSSR count). The topological polar surface area (TPSA) is 98.1 Å². The number of methoxy groups -OCH3 is 1. The fourth-order valence-corrected chi connectivity index (χ4v) is 1.62. The zero-order chi connectivity index (χ0) is 13.8. The Balaban J connectivity index is 2.27. The van der Waals surface area contributed by atoms with Gasteiger partial charge in [0.25, 0.3) is 5.69 Å². The predicted molar refractivity (Wildman–Crippen MR) is 68.4 cm³/mol. The molecule has 98 valence electrons. The highest BCUT2D eigenvalue weighted by Crippen LogP contribution is 2.24. The van der Waals surface area contributed by atoms with Crippen LogP contribution in [0.3, 0.4) is 0 Å². The van der Waals surface area contributed by atoms with E-state index >= 15 is 0 Å². The Bertz CT molecular complexity index is 660. The number of rotatable bonds is 4. The Morgan fingerprint density at radius 1 is 1.63 bits per heavy atom. The van der Waals surface area contributed by atoms with E-state index in [1.807, 2.05) is 0 Å². The SMILES string of the molecule is COC(=O)CC=Cc1cnc2[nH]cc([N+](=O)[O-])c2c1. The van der Waals surface area contributed by atoms with Crippen molar-refractivity contribution in [3.8, 4) is 0 Å². The van der Waals surface area contributed by atoms with E-state index in [4.69, 9.17) is 0 Å². The van der Waals surface area contributed by atoms with Crippen LogP contribution in [0.5, 0.6) is 0 Å². The lowest BCUT2D eigenvalue weighted by molar-refractivity contribution is -0.383. The third kappa shape index (κ3) is 2.76. The molecular weight excluding hydrogens is 250 g/mol. The summed E-state index contributed by atoms with van der Waals surface area (Å²) in [5.74, 6) is -0.349. The van der Waals surface area contributed by atoms with E-state index in [0.717, 1.165) is 0 Å². The van der Waals surface area contributed by atoms with Gasteiger partial charge in [0, 0.05) is 6.20 Å². The molecule has 0 aliphatic carbocycles. The van der Waals surface area contributed by atoms with Crippen LogP contribution in [-0.4, -0.2) is 28.0 Å². The van der Waals surface area contributed by atoms with Crippen molar-refractivity contribution in [1.82, 2.24) is 9.97 Å². The average molecular weight is 261 g/mol. The molecule has 0 aliphatic rings. The summed E-state index contributed by atoms with van der Waals surface area (Å²) < 4.78 is 4.50. The number of esters is 1. The Morgan fingerprint density at radius 2 is 2.42 bits per heavy atom. The van der Waals surface area contributed by atoms with E-state index in [-0.39, 0.29) is 18.1 Å². The van der Waals surface area contributed by atoms with Crippen molar-refractivity contribution in [1.29, 1.82) is 0 Å². The standard InChI is InChI=1S/C12H11N3O4/c1-19-11(16)4-2-3-8-5-9-10(15(17)18)7-14-12(9)13-6-8/h2-3,5-7H,4H2,1H3,(H,13,14). The van der Waals surface area contributed by atoms with Crippen molar-refractivity contribution in [3.05, 3.63) is 40.2 Å². The quantitative estimate of drug-likeness (QED) is 0.516. The summed E-state index contributed by atoms with van der Waals surface area (Å²) in [6.07, 6.45) is 6.30. The van der Waals surface area contributed by atoms with Gasteiger partial charge in [-0.05, 0) is 11.6 Å². The summed E-state index contributed by atoms with van der Waals surface area (Å²) in [5, 5.41) is 11.2. The monoisotopic (exact) mass is 261 g/mol. The van der Waals surface area contributed by atoms with E-state index in [1.54, 1.807) is 24.4 Å². The van der Waals surface area contributed by atoms with Crippen molar-refractivity contribution in [2.45, 2.75) is 6.42 Å². The zero-order valence-electron chi connectivity index (χ0n) is 10.1. The molecule has 1 N–H and O–H groups in total. The van der Waals surface area contributed by atoms with Gasteiger partial charge < -0.3 is 9.72 Å². The lowest BCUT2D eigenvalue weighted by Crippen LogP contribution is -1.96. The molecule has 7 nitrogen and oxygen atoms in total. The van der Waals surface area contributed by atoms with Crippen LogP contribution in [0, 0.1) is 10.1 Å². The number of ether oxygens (including phenoxy) is 1. The van der Waals surface area contributed by atoms with Gasteiger partial charge in [0.05, 0.1) is 30.0 Å². The molecule has 19 heavy (non-hydrogen) atoms. The number of hydrogen-bond acceptors (Lipinski definition) is 5. The lowest BCUT2D eigenvalue weighted by atomic mass is 10.2. The number of pyridine rings is 1. The lowest BCUT2D eigenvalue weighted by Gasteiger charge is -1.95. The number of hydrogen-bond donors (Lipinski definition) is 1.